The van der Waals surface area contributed by atoms with Gasteiger partial charge in [0.1, 0.15) is 11.8 Å². The van der Waals surface area contributed by atoms with Gasteiger partial charge < -0.3 is 10.4 Å². The summed E-state index contributed by atoms with van der Waals surface area (Å²) in [6.07, 6.45) is 3.87. The highest BCUT2D eigenvalue weighted by Gasteiger charge is 2.30. The first-order chi connectivity index (χ1) is 11.5. The van der Waals surface area contributed by atoms with Gasteiger partial charge in [-0.15, -0.1) is 0 Å². The first-order valence-corrected chi connectivity index (χ1v) is 7.96. The van der Waals surface area contributed by atoms with Gasteiger partial charge in [0.05, 0.1) is 18.1 Å². The van der Waals surface area contributed by atoms with E-state index in [0.717, 1.165) is 6.42 Å². The molecule has 0 aliphatic carbocycles. The molecule has 2 unspecified atom stereocenters. The summed E-state index contributed by atoms with van der Waals surface area (Å²) in [7, 11) is 0. The number of nitrogens with zero attached hydrogens (tertiary/aromatic N) is 2. The van der Waals surface area contributed by atoms with E-state index >= 15 is 0 Å². The van der Waals surface area contributed by atoms with Crippen LogP contribution in [0.2, 0.25) is 0 Å². The summed E-state index contributed by atoms with van der Waals surface area (Å²) < 4.78 is 0. The second-order valence-electron chi connectivity index (χ2n) is 6.26. The van der Waals surface area contributed by atoms with Crippen molar-refractivity contribution in [1.29, 1.82) is 0 Å². The maximum Gasteiger partial charge on any atom is 0.243 e. The number of benzene rings is 1. The van der Waals surface area contributed by atoms with Crippen molar-refractivity contribution < 1.29 is 9.90 Å². The van der Waals surface area contributed by atoms with Crippen molar-refractivity contribution >= 4 is 11.6 Å². The van der Waals surface area contributed by atoms with Crippen LogP contribution in [0.5, 0.6) is 5.75 Å². The molecule has 7 nitrogen and oxygen atoms in total. The lowest BCUT2D eigenvalue weighted by Crippen LogP contribution is -2.40. The number of amides is 1. The standard InChI is InChI=1S/C17H21N5O2/c1-10(2)14-7-15(22-21-14)17(24)20-12-8-18-16(19-9-12)11-4-3-5-13(23)6-11/h3-6,8-10,14-15,21-23H,7H2,1-2H3,(H,20,24). The summed E-state index contributed by atoms with van der Waals surface area (Å²) >= 11 is 0. The van der Waals surface area contributed by atoms with E-state index in [1.54, 1.807) is 30.6 Å². The van der Waals surface area contributed by atoms with Crippen LogP contribution in [0.3, 0.4) is 0 Å². The lowest BCUT2D eigenvalue weighted by molar-refractivity contribution is -0.117. The number of carbonyl (C=O) groups excluding carboxylic acids is 1. The minimum Gasteiger partial charge on any atom is -0.508 e. The molecule has 1 fully saturated rings. The van der Waals surface area contributed by atoms with Gasteiger partial charge in [-0.3, -0.25) is 10.2 Å². The minimum absolute atomic E-state index is 0.112. The molecule has 24 heavy (non-hydrogen) atoms. The molecule has 4 N–H and O–H groups in total. The number of aromatic nitrogens is 2. The van der Waals surface area contributed by atoms with Crippen LogP contribution in [0.4, 0.5) is 5.69 Å². The van der Waals surface area contributed by atoms with Crippen LogP contribution < -0.4 is 16.2 Å². The predicted octanol–water partition coefficient (Wildman–Crippen LogP) is 1.68. The molecule has 1 aliphatic rings. The van der Waals surface area contributed by atoms with Crippen molar-refractivity contribution in [2.45, 2.75) is 32.4 Å². The number of phenols is 1. The second kappa shape index (κ2) is 6.94. The minimum atomic E-state index is -0.275. The monoisotopic (exact) mass is 327 g/mol. The van der Waals surface area contributed by atoms with Gasteiger partial charge in [-0.25, -0.2) is 15.4 Å². The maximum atomic E-state index is 12.3. The van der Waals surface area contributed by atoms with Crippen LogP contribution in [0, 0.1) is 5.92 Å². The quantitative estimate of drug-likeness (QED) is 0.682. The Labute approximate surface area is 140 Å². The van der Waals surface area contributed by atoms with E-state index in [1.807, 2.05) is 6.07 Å². The molecule has 0 saturated carbocycles. The van der Waals surface area contributed by atoms with Crippen molar-refractivity contribution in [2.75, 3.05) is 5.32 Å². The molecule has 1 amide bonds. The van der Waals surface area contributed by atoms with E-state index in [1.165, 1.54) is 0 Å². The number of carbonyl (C=O) groups is 1. The summed E-state index contributed by atoms with van der Waals surface area (Å²) in [5, 5.41) is 12.3. The average Bonchev–Trinajstić information content (AvgIpc) is 3.06. The van der Waals surface area contributed by atoms with Crippen molar-refractivity contribution in [2.24, 2.45) is 5.92 Å². The van der Waals surface area contributed by atoms with Crippen LogP contribution in [0.25, 0.3) is 11.4 Å². The largest absolute Gasteiger partial charge is 0.508 e. The molecule has 126 valence electrons. The zero-order valence-corrected chi connectivity index (χ0v) is 13.7. The van der Waals surface area contributed by atoms with Crippen LogP contribution in [-0.4, -0.2) is 33.1 Å². The van der Waals surface area contributed by atoms with E-state index in [9.17, 15) is 9.90 Å². The predicted molar refractivity (Wildman–Crippen MR) is 91.1 cm³/mol. The van der Waals surface area contributed by atoms with Gasteiger partial charge in [-0.1, -0.05) is 26.0 Å². The zero-order valence-electron chi connectivity index (χ0n) is 13.7. The Balaban J connectivity index is 1.63. The Kier molecular flexibility index (Phi) is 4.73. The maximum absolute atomic E-state index is 12.3. The first-order valence-electron chi connectivity index (χ1n) is 7.96. The summed E-state index contributed by atoms with van der Waals surface area (Å²) in [6.45, 7) is 4.24. The Morgan fingerprint density at radius 3 is 2.67 bits per heavy atom. The third-order valence-electron chi connectivity index (χ3n) is 4.08. The molecular weight excluding hydrogens is 306 g/mol. The van der Waals surface area contributed by atoms with E-state index in [4.69, 9.17) is 0 Å². The highest BCUT2D eigenvalue weighted by Crippen LogP contribution is 2.20. The third kappa shape index (κ3) is 3.69. The molecule has 7 heteroatoms. The molecule has 1 aromatic heterocycles. The highest BCUT2D eigenvalue weighted by atomic mass is 16.3. The van der Waals surface area contributed by atoms with Crippen molar-refractivity contribution in [3.63, 3.8) is 0 Å². The normalized spacial score (nSPS) is 20.3. The number of phenolic OH excluding ortho intramolecular Hbond substituents is 1. The van der Waals surface area contributed by atoms with Crippen molar-refractivity contribution in [3.8, 4) is 17.1 Å². The van der Waals surface area contributed by atoms with Gasteiger partial charge in [0.2, 0.25) is 5.91 Å². The Hall–Kier alpha value is -2.51. The first kappa shape index (κ1) is 16.4. The van der Waals surface area contributed by atoms with E-state index in [-0.39, 0.29) is 23.7 Å². The van der Waals surface area contributed by atoms with E-state index in [2.05, 4.69) is 40.0 Å². The van der Waals surface area contributed by atoms with Crippen LogP contribution in [0.15, 0.2) is 36.7 Å². The highest BCUT2D eigenvalue weighted by molar-refractivity contribution is 5.94. The topological polar surface area (TPSA) is 99.2 Å². The van der Waals surface area contributed by atoms with Gasteiger partial charge in [-0.05, 0) is 24.5 Å². The molecule has 0 spiro atoms. The summed E-state index contributed by atoms with van der Waals surface area (Å²) in [6, 6.07) is 6.73. The van der Waals surface area contributed by atoms with Crippen LogP contribution in [0.1, 0.15) is 20.3 Å². The van der Waals surface area contributed by atoms with Gasteiger partial charge in [0.25, 0.3) is 0 Å². The van der Waals surface area contributed by atoms with Crippen molar-refractivity contribution in [3.05, 3.63) is 36.7 Å². The number of nitrogens with one attached hydrogen (secondary N) is 3. The second-order valence-corrected chi connectivity index (χ2v) is 6.26. The molecule has 1 aliphatic heterocycles. The summed E-state index contributed by atoms with van der Waals surface area (Å²) in [5.74, 6) is 0.997. The number of hydrogen-bond donors (Lipinski definition) is 4. The van der Waals surface area contributed by atoms with Gasteiger partial charge in [-0.2, -0.15) is 0 Å². The van der Waals surface area contributed by atoms with Gasteiger partial charge in [0.15, 0.2) is 5.82 Å². The Morgan fingerprint density at radius 2 is 2.04 bits per heavy atom. The fraction of sp³-hybridized carbons (Fsp3) is 0.353. The molecule has 1 saturated heterocycles. The molecule has 1 aromatic carbocycles. The smallest absolute Gasteiger partial charge is 0.243 e. The van der Waals surface area contributed by atoms with Gasteiger partial charge in [0, 0.05) is 11.6 Å². The number of anilines is 1. The molecule has 0 radical (unpaired) electrons. The van der Waals surface area contributed by atoms with Crippen LogP contribution in [-0.2, 0) is 4.79 Å². The van der Waals surface area contributed by atoms with Gasteiger partial charge >= 0.3 is 0 Å². The van der Waals surface area contributed by atoms with Crippen molar-refractivity contribution in [1.82, 2.24) is 20.8 Å². The Morgan fingerprint density at radius 1 is 1.29 bits per heavy atom. The molecular formula is C17H21N5O2. The fourth-order valence-electron chi connectivity index (χ4n) is 2.61. The molecule has 0 bridgehead atoms. The number of aromatic hydroxyl groups is 1. The molecule has 2 atom stereocenters. The molecule has 2 heterocycles. The third-order valence-corrected chi connectivity index (χ3v) is 4.08. The molecule has 2 aromatic rings. The average molecular weight is 327 g/mol. The van der Waals surface area contributed by atoms with E-state index in [0.29, 0.717) is 23.0 Å². The van der Waals surface area contributed by atoms with E-state index < -0.39 is 0 Å². The summed E-state index contributed by atoms with van der Waals surface area (Å²) in [5.41, 5.74) is 7.42. The lowest BCUT2D eigenvalue weighted by Gasteiger charge is -2.12. The lowest BCUT2D eigenvalue weighted by atomic mass is 9.99. The molecule has 3 rings (SSSR count). The SMILES string of the molecule is CC(C)C1CC(C(=O)Nc2cnc(-c3cccc(O)c3)nc2)NN1. The fourth-order valence-corrected chi connectivity index (χ4v) is 2.61. The van der Waals surface area contributed by atoms with Crippen LogP contribution >= 0.6 is 0 Å². The number of hydrazine groups is 1. The summed E-state index contributed by atoms with van der Waals surface area (Å²) in [4.78, 5) is 20.8. The Bertz CT molecular complexity index is 717. The number of hydrogen-bond acceptors (Lipinski definition) is 6. The number of rotatable bonds is 4. The zero-order chi connectivity index (χ0) is 17.1.